The van der Waals surface area contributed by atoms with Gasteiger partial charge in [0.15, 0.2) is 0 Å². The molecule has 0 saturated carbocycles. The summed E-state index contributed by atoms with van der Waals surface area (Å²) in [7, 11) is 0. The van der Waals surface area contributed by atoms with Crippen LogP contribution in [0.15, 0.2) is 17.0 Å². The molecule has 0 aliphatic carbocycles. The van der Waals surface area contributed by atoms with Gasteiger partial charge < -0.3 is 15.2 Å². The number of aromatic nitrogens is 1. The monoisotopic (exact) mass is 197 g/mol. The molecular formula is C9H15N3O2. The minimum Gasteiger partial charge on any atom is -0.363 e. The van der Waals surface area contributed by atoms with Gasteiger partial charge in [-0.15, -0.1) is 0 Å². The van der Waals surface area contributed by atoms with Gasteiger partial charge in [0.1, 0.15) is 12.0 Å². The second-order valence-electron chi connectivity index (χ2n) is 3.15. The van der Waals surface area contributed by atoms with Crippen LogP contribution in [0.4, 0.5) is 5.69 Å². The molecule has 1 unspecified atom stereocenters. The minimum absolute atomic E-state index is 0.0894. The second kappa shape index (κ2) is 5.39. The van der Waals surface area contributed by atoms with E-state index in [4.69, 9.17) is 0 Å². The average molecular weight is 197 g/mol. The largest absolute Gasteiger partial charge is 0.363 e. The van der Waals surface area contributed by atoms with E-state index in [1.54, 1.807) is 0 Å². The lowest BCUT2D eigenvalue weighted by Crippen LogP contribution is -2.33. The molecule has 1 rings (SSSR count). The van der Waals surface area contributed by atoms with Crippen LogP contribution in [0.2, 0.25) is 0 Å². The Balaban J connectivity index is 2.23. The Morgan fingerprint density at radius 2 is 2.50 bits per heavy atom. The average Bonchev–Trinajstić information content (AvgIpc) is 2.66. The molecule has 1 amide bonds. The van der Waals surface area contributed by atoms with Crippen LogP contribution in [-0.2, 0) is 4.79 Å². The van der Waals surface area contributed by atoms with Gasteiger partial charge in [0.25, 0.3) is 0 Å². The maximum Gasteiger partial charge on any atom is 0.238 e. The van der Waals surface area contributed by atoms with Crippen molar-refractivity contribution in [2.75, 3.05) is 11.9 Å². The molecule has 14 heavy (non-hydrogen) atoms. The van der Waals surface area contributed by atoms with Crippen molar-refractivity contribution in [2.45, 2.75) is 26.3 Å². The highest BCUT2D eigenvalue weighted by molar-refractivity contribution is 5.91. The molecule has 0 bridgehead atoms. The van der Waals surface area contributed by atoms with Crippen LogP contribution >= 0.6 is 0 Å². The van der Waals surface area contributed by atoms with E-state index < -0.39 is 0 Å². The van der Waals surface area contributed by atoms with Gasteiger partial charge in [-0.2, -0.15) is 0 Å². The zero-order valence-corrected chi connectivity index (χ0v) is 8.41. The number of carbonyl (C=O) groups is 1. The smallest absolute Gasteiger partial charge is 0.238 e. The molecule has 1 aromatic heterocycles. The highest BCUT2D eigenvalue weighted by Crippen LogP contribution is 2.02. The maximum atomic E-state index is 11.3. The van der Waals surface area contributed by atoms with Crippen LogP contribution in [0.1, 0.15) is 20.3 Å². The number of anilines is 1. The van der Waals surface area contributed by atoms with Crippen LogP contribution in [0, 0.1) is 0 Å². The third-order valence-electron chi connectivity index (χ3n) is 1.94. The zero-order valence-electron chi connectivity index (χ0n) is 8.41. The number of carbonyl (C=O) groups excluding carboxylic acids is 1. The lowest BCUT2D eigenvalue weighted by atomic mass is 10.2. The summed E-state index contributed by atoms with van der Waals surface area (Å²) in [6, 6.07) is 0.350. The first-order chi connectivity index (χ1) is 6.72. The van der Waals surface area contributed by atoms with Crippen LogP contribution in [0.3, 0.4) is 0 Å². The normalized spacial score (nSPS) is 12.4. The van der Waals surface area contributed by atoms with E-state index in [-0.39, 0.29) is 5.91 Å². The van der Waals surface area contributed by atoms with Crippen LogP contribution in [-0.4, -0.2) is 23.7 Å². The van der Waals surface area contributed by atoms with E-state index in [2.05, 4.69) is 27.2 Å². The van der Waals surface area contributed by atoms with Gasteiger partial charge in [-0.3, -0.25) is 4.79 Å². The molecule has 0 saturated heterocycles. The maximum absolute atomic E-state index is 11.3. The summed E-state index contributed by atoms with van der Waals surface area (Å²) in [5, 5.41) is 9.20. The van der Waals surface area contributed by atoms with Gasteiger partial charge in [0.05, 0.1) is 12.7 Å². The summed E-state index contributed by atoms with van der Waals surface area (Å²) in [6.45, 7) is 4.41. The van der Waals surface area contributed by atoms with Crippen molar-refractivity contribution in [3.63, 3.8) is 0 Å². The molecule has 0 spiro atoms. The number of rotatable bonds is 5. The number of nitrogens with zero attached hydrogens (tertiary/aromatic N) is 1. The predicted octanol–water partition coefficient (Wildman–Crippen LogP) is 1.00. The summed E-state index contributed by atoms with van der Waals surface area (Å²) in [5.74, 6) is -0.0894. The highest BCUT2D eigenvalue weighted by atomic mass is 16.5. The Morgan fingerprint density at radius 3 is 3.07 bits per heavy atom. The van der Waals surface area contributed by atoms with Crippen molar-refractivity contribution in [2.24, 2.45) is 0 Å². The number of hydrogen-bond donors (Lipinski definition) is 2. The second-order valence-corrected chi connectivity index (χ2v) is 3.15. The van der Waals surface area contributed by atoms with Crippen molar-refractivity contribution >= 4 is 11.6 Å². The molecule has 1 heterocycles. The van der Waals surface area contributed by atoms with Gasteiger partial charge in [0, 0.05) is 6.04 Å². The van der Waals surface area contributed by atoms with Gasteiger partial charge in [-0.05, 0) is 13.3 Å². The van der Waals surface area contributed by atoms with Gasteiger partial charge in [-0.1, -0.05) is 12.1 Å². The highest BCUT2D eigenvalue weighted by Gasteiger charge is 2.04. The van der Waals surface area contributed by atoms with Crippen LogP contribution in [0.25, 0.3) is 0 Å². The molecule has 78 valence electrons. The minimum atomic E-state index is -0.0894. The summed E-state index contributed by atoms with van der Waals surface area (Å²) < 4.78 is 4.58. The predicted molar refractivity (Wildman–Crippen MR) is 52.9 cm³/mol. The Kier molecular flexibility index (Phi) is 4.12. The van der Waals surface area contributed by atoms with E-state index in [0.29, 0.717) is 18.3 Å². The summed E-state index contributed by atoms with van der Waals surface area (Å²) >= 11 is 0. The van der Waals surface area contributed by atoms with E-state index in [1.165, 1.54) is 12.5 Å². The first-order valence-electron chi connectivity index (χ1n) is 4.65. The van der Waals surface area contributed by atoms with Gasteiger partial charge in [0.2, 0.25) is 5.91 Å². The van der Waals surface area contributed by atoms with Gasteiger partial charge in [-0.25, -0.2) is 0 Å². The fraction of sp³-hybridized carbons (Fsp3) is 0.556. The number of nitrogens with one attached hydrogen (secondary N) is 2. The Labute approximate surface area is 82.8 Å². The molecule has 0 fully saturated rings. The number of amides is 1. The molecule has 2 N–H and O–H groups in total. The number of hydrogen-bond acceptors (Lipinski definition) is 4. The molecule has 0 aliphatic rings. The molecular weight excluding hydrogens is 182 g/mol. The lowest BCUT2D eigenvalue weighted by Gasteiger charge is -2.10. The van der Waals surface area contributed by atoms with E-state index in [1.807, 2.05) is 6.92 Å². The molecule has 1 aromatic rings. The molecule has 5 nitrogen and oxygen atoms in total. The summed E-state index contributed by atoms with van der Waals surface area (Å²) in [4.78, 5) is 11.3. The third-order valence-corrected chi connectivity index (χ3v) is 1.94. The van der Waals surface area contributed by atoms with Crippen molar-refractivity contribution < 1.29 is 9.32 Å². The van der Waals surface area contributed by atoms with Crippen LogP contribution in [0.5, 0.6) is 0 Å². The van der Waals surface area contributed by atoms with E-state index >= 15 is 0 Å². The Morgan fingerprint density at radius 1 is 1.71 bits per heavy atom. The van der Waals surface area contributed by atoms with Crippen molar-refractivity contribution in [3.8, 4) is 0 Å². The Bertz CT molecular complexity index is 272. The molecule has 5 heteroatoms. The fourth-order valence-corrected chi connectivity index (χ4v) is 0.883. The van der Waals surface area contributed by atoms with Crippen molar-refractivity contribution in [1.82, 2.24) is 10.5 Å². The standard InChI is InChI=1S/C9H15N3O2/c1-3-7(2)10-5-9(13)12-8-4-11-14-6-8/h4,6-7,10H,3,5H2,1-2H3,(H,12,13). The SMILES string of the molecule is CCC(C)NCC(=O)Nc1cnoc1. The molecule has 1 atom stereocenters. The summed E-state index contributed by atoms with van der Waals surface area (Å²) in [6.07, 6.45) is 3.85. The molecule has 0 aliphatic heterocycles. The fourth-order valence-electron chi connectivity index (χ4n) is 0.883. The Hall–Kier alpha value is -1.36. The van der Waals surface area contributed by atoms with E-state index in [0.717, 1.165) is 6.42 Å². The van der Waals surface area contributed by atoms with Crippen molar-refractivity contribution in [3.05, 3.63) is 12.5 Å². The van der Waals surface area contributed by atoms with E-state index in [9.17, 15) is 4.79 Å². The topological polar surface area (TPSA) is 67.2 Å². The summed E-state index contributed by atoms with van der Waals surface area (Å²) in [5.41, 5.74) is 0.584. The van der Waals surface area contributed by atoms with Crippen LogP contribution < -0.4 is 10.6 Å². The quantitative estimate of drug-likeness (QED) is 0.739. The first-order valence-corrected chi connectivity index (χ1v) is 4.65. The molecule has 0 aromatic carbocycles. The lowest BCUT2D eigenvalue weighted by molar-refractivity contribution is -0.115. The first kappa shape index (κ1) is 10.7. The van der Waals surface area contributed by atoms with Gasteiger partial charge >= 0.3 is 0 Å². The zero-order chi connectivity index (χ0) is 10.4. The molecule has 0 radical (unpaired) electrons. The van der Waals surface area contributed by atoms with Crippen molar-refractivity contribution in [1.29, 1.82) is 0 Å². The third kappa shape index (κ3) is 3.57.